The molecular weight excluding hydrogens is 332 g/mol. The molecule has 0 aliphatic heterocycles. The number of hydrazine groups is 1. The summed E-state index contributed by atoms with van der Waals surface area (Å²) in [5, 5.41) is 17.2. The van der Waals surface area contributed by atoms with Crippen LogP contribution in [0.5, 0.6) is 0 Å². The predicted octanol–water partition coefficient (Wildman–Crippen LogP) is 2.23. The Morgan fingerprint density at radius 3 is 1.74 bits per heavy atom. The Bertz CT molecular complexity index is 612. The van der Waals surface area contributed by atoms with Crippen LogP contribution in [0.25, 0.3) is 5.70 Å². The fraction of sp³-hybridized carbons (Fsp3) is 0. The average molecular weight is 335 g/mol. The van der Waals surface area contributed by atoms with Crippen molar-refractivity contribution in [3.05, 3.63) is 38.9 Å². The summed E-state index contributed by atoms with van der Waals surface area (Å²) in [5.74, 6) is -2.07. The minimum Gasteiger partial charge on any atom is -0.322 e. The largest absolute Gasteiger partial charge is 0.322 e. The van der Waals surface area contributed by atoms with Gasteiger partial charge in [0.2, 0.25) is 0 Å². The molecule has 0 bridgehead atoms. The summed E-state index contributed by atoms with van der Waals surface area (Å²) in [6, 6.07) is 2.59. The summed E-state index contributed by atoms with van der Waals surface area (Å²) in [6.07, 6.45) is 0. The number of benzene rings is 1. The topological polar surface area (TPSA) is 85.6 Å². The second-order valence-electron chi connectivity index (χ2n) is 3.06. The number of nitrogens with one attached hydrogen (secondary N) is 1. The van der Waals surface area contributed by atoms with Crippen molar-refractivity contribution in [3.8, 4) is 12.1 Å². The van der Waals surface area contributed by atoms with E-state index in [1.807, 2.05) is 0 Å². The van der Waals surface area contributed by atoms with E-state index in [0.29, 0.717) is 0 Å². The van der Waals surface area contributed by atoms with Crippen molar-refractivity contribution in [2.45, 2.75) is 0 Å². The quantitative estimate of drug-likeness (QED) is 0.217. The van der Waals surface area contributed by atoms with Crippen molar-refractivity contribution in [3.63, 3.8) is 0 Å². The van der Waals surface area contributed by atoms with Crippen molar-refractivity contribution < 1.29 is 17.6 Å². The Balaban J connectivity index is 3.85. The lowest BCUT2D eigenvalue weighted by Crippen LogP contribution is -2.24. The molecule has 0 fully saturated rings. The van der Waals surface area contributed by atoms with Gasteiger partial charge in [-0.1, -0.05) is 0 Å². The molecule has 1 rings (SSSR count). The minimum atomic E-state index is -1.79. The van der Waals surface area contributed by atoms with Gasteiger partial charge in [0.1, 0.15) is 12.1 Å². The van der Waals surface area contributed by atoms with Crippen LogP contribution in [0.4, 0.5) is 17.6 Å². The van der Waals surface area contributed by atoms with Crippen LogP contribution >= 0.6 is 15.9 Å². The van der Waals surface area contributed by atoms with Gasteiger partial charge in [0.25, 0.3) is 0 Å². The fourth-order valence-corrected chi connectivity index (χ4v) is 1.58. The molecule has 0 heterocycles. The fourth-order valence-electron chi connectivity index (χ4n) is 1.23. The number of hydrogen-bond donors (Lipinski definition) is 2. The molecule has 19 heavy (non-hydrogen) atoms. The predicted molar refractivity (Wildman–Crippen MR) is 59.4 cm³/mol. The van der Waals surface area contributed by atoms with Crippen molar-refractivity contribution in [2.24, 2.45) is 5.84 Å². The molecule has 98 valence electrons. The summed E-state index contributed by atoms with van der Waals surface area (Å²) >= 11 is 2.33. The average Bonchev–Trinajstić information content (AvgIpc) is 2.42. The third kappa shape index (κ3) is 2.38. The van der Waals surface area contributed by atoms with Gasteiger partial charge in [-0.05, 0) is 15.9 Å². The highest BCUT2D eigenvalue weighted by Crippen LogP contribution is 2.31. The Morgan fingerprint density at radius 1 is 1.00 bits per heavy atom. The number of allylic oxidation sites excluding steroid dienone is 1. The van der Waals surface area contributed by atoms with Gasteiger partial charge in [-0.25, -0.2) is 17.6 Å². The molecule has 0 aliphatic rings. The van der Waals surface area contributed by atoms with E-state index in [1.165, 1.54) is 12.1 Å². The molecule has 0 saturated heterocycles. The van der Waals surface area contributed by atoms with Crippen molar-refractivity contribution >= 4 is 21.6 Å². The minimum absolute atomic E-state index is 0.832. The molecule has 4 nitrogen and oxygen atoms in total. The molecule has 0 atom stereocenters. The number of rotatable bonds is 2. The van der Waals surface area contributed by atoms with Crippen LogP contribution in [0, 0.1) is 45.9 Å². The Labute approximate surface area is 112 Å². The van der Waals surface area contributed by atoms with E-state index >= 15 is 0 Å². The maximum absolute atomic E-state index is 13.6. The highest BCUT2D eigenvalue weighted by molar-refractivity contribution is 9.10. The number of nitrogens with zero attached hydrogens (tertiary/aromatic N) is 2. The number of hydrogen-bond acceptors (Lipinski definition) is 4. The van der Waals surface area contributed by atoms with Gasteiger partial charge in [-0.3, -0.25) is 5.84 Å². The van der Waals surface area contributed by atoms with Crippen LogP contribution in [0.3, 0.4) is 0 Å². The number of halogens is 5. The van der Waals surface area contributed by atoms with Gasteiger partial charge < -0.3 is 5.43 Å². The summed E-state index contributed by atoms with van der Waals surface area (Å²) in [4.78, 5) is 0. The smallest absolute Gasteiger partial charge is 0.176 e. The first-order valence-corrected chi connectivity index (χ1v) is 5.22. The standard InChI is InChI=1S/C10H3BrF4N4/c11-5-8(14)6(12)4(7(13)9(5)15)10(19-18)3(1-16)2-17/h19H,18H2. The van der Waals surface area contributed by atoms with Gasteiger partial charge in [-0.15, -0.1) is 0 Å². The van der Waals surface area contributed by atoms with Gasteiger partial charge in [0, 0.05) is 0 Å². The number of nitriles is 2. The van der Waals surface area contributed by atoms with Crippen LogP contribution in [0.15, 0.2) is 10.0 Å². The molecule has 1 aromatic carbocycles. The summed E-state index contributed by atoms with van der Waals surface area (Å²) in [6.45, 7) is 0. The van der Waals surface area contributed by atoms with Gasteiger partial charge in [0.15, 0.2) is 28.8 Å². The summed E-state index contributed by atoms with van der Waals surface area (Å²) in [5.41, 5.74) is -1.27. The van der Waals surface area contributed by atoms with E-state index in [0.717, 1.165) is 0 Å². The molecular formula is C10H3BrF4N4. The first-order chi connectivity index (χ1) is 8.90. The summed E-state index contributed by atoms with van der Waals surface area (Å²) < 4.78 is 52.8. The molecule has 0 unspecified atom stereocenters. The van der Waals surface area contributed by atoms with E-state index in [1.54, 1.807) is 5.43 Å². The van der Waals surface area contributed by atoms with Crippen molar-refractivity contribution in [1.29, 1.82) is 10.5 Å². The highest BCUT2D eigenvalue weighted by atomic mass is 79.9. The normalized spacial score (nSPS) is 9.47. The lowest BCUT2D eigenvalue weighted by molar-refractivity contribution is 0.442. The van der Waals surface area contributed by atoms with Crippen LogP contribution in [0.1, 0.15) is 5.56 Å². The van der Waals surface area contributed by atoms with Crippen LogP contribution in [-0.4, -0.2) is 0 Å². The highest BCUT2D eigenvalue weighted by Gasteiger charge is 2.27. The molecule has 1 aromatic rings. The zero-order chi connectivity index (χ0) is 14.7. The van der Waals surface area contributed by atoms with Crippen LogP contribution < -0.4 is 11.3 Å². The SMILES string of the molecule is N#CC(C#N)=C(NN)c1c(F)c(F)c(Br)c(F)c1F. The maximum atomic E-state index is 13.6. The molecule has 0 saturated carbocycles. The molecule has 0 aliphatic carbocycles. The van der Waals surface area contributed by atoms with E-state index in [4.69, 9.17) is 16.4 Å². The lowest BCUT2D eigenvalue weighted by Gasteiger charge is -2.11. The van der Waals surface area contributed by atoms with Gasteiger partial charge in [0.05, 0.1) is 15.7 Å². The molecule has 0 radical (unpaired) electrons. The zero-order valence-electron chi connectivity index (χ0n) is 8.86. The molecule has 0 aromatic heterocycles. The summed E-state index contributed by atoms with van der Waals surface area (Å²) in [7, 11) is 0. The van der Waals surface area contributed by atoms with Crippen molar-refractivity contribution in [1.82, 2.24) is 5.43 Å². The third-order valence-electron chi connectivity index (χ3n) is 2.08. The van der Waals surface area contributed by atoms with Crippen LogP contribution in [-0.2, 0) is 0 Å². The monoisotopic (exact) mass is 334 g/mol. The van der Waals surface area contributed by atoms with Crippen LogP contribution in [0.2, 0.25) is 0 Å². The molecule has 9 heteroatoms. The maximum Gasteiger partial charge on any atom is 0.176 e. The van der Waals surface area contributed by atoms with Gasteiger partial charge in [-0.2, -0.15) is 10.5 Å². The van der Waals surface area contributed by atoms with E-state index in [2.05, 4.69) is 15.9 Å². The Kier molecular flexibility index (Phi) is 4.48. The second-order valence-corrected chi connectivity index (χ2v) is 3.86. The molecule has 0 spiro atoms. The second kappa shape index (κ2) is 5.69. The van der Waals surface area contributed by atoms with E-state index < -0.39 is 44.6 Å². The first-order valence-electron chi connectivity index (χ1n) is 4.43. The van der Waals surface area contributed by atoms with Crippen molar-refractivity contribution in [2.75, 3.05) is 0 Å². The molecule has 3 N–H and O–H groups in total. The lowest BCUT2D eigenvalue weighted by atomic mass is 10.1. The van der Waals surface area contributed by atoms with E-state index in [-0.39, 0.29) is 0 Å². The van der Waals surface area contributed by atoms with E-state index in [9.17, 15) is 17.6 Å². The zero-order valence-corrected chi connectivity index (χ0v) is 10.4. The van der Waals surface area contributed by atoms with Gasteiger partial charge >= 0.3 is 0 Å². The Hall–Kier alpha value is -2.10. The molecule has 0 amide bonds. The third-order valence-corrected chi connectivity index (χ3v) is 2.77. The Morgan fingerprint density at radius 2 is 1.42 bits per heavy atom. The first kappa shape index (κ1) is 15.0. The number of nitrogens with two attached hydrogens (primary N) is 1.